The predicted octanol–water partition coefficient (Wildman–Crippen LogP) is 1.29. The van der Waals surface area contributed by atoms with Crippen LogP contribution in [-0.4, -0.2) is 44.6 Å². The van der Waals surface area contributed by atoms with Crippen molar-refractivity contribution in [3.63, 3.8) is 0 Å². The quantitative estimate of drug-likeness (QED) is 0.914. The molecule has 0 atom stereocenters. The van der Waals surface area contributed by atoms with Gasteiger partial charge in [-0.05, 0) is 30.4 Å². The molecule has 1 saturated heterocycles. The van der Waals surface area contributed by atoms with Crippen LogP contribution >= 0.6 is 0 Å². The molecule has 0 unspecified atom stereocenters. The maximum absolute atomic E-state index is 9.43. The average Bonchev–Trinajstić information content (AvgIpc) is 2.90. The maximum Gasteiger partial charge on any atom is 0.178 e. The first-order valence-corrected chi connectivity index (χ1v) is 7.22. The van der Waals surface area contributed by atoms with Gasteiger partial charge in [0.2, 0.25) is 0 Å². The molecule has 108 valence electrons. The number of anilines is 1. The molecule has 2 aromatic heterocycles. The first-order chi connectivity index (χ1) is 9.65. The number of aliphatic hydroxyl groups is 1. The van der Waals surface area contributed by atoms with Gasteiger partial charge in [-0.25, -0.2) is 0 Å². The molecule has 0 saturated carbocycles. The maximum atomic E-state index is 9.43. The second-order valence-corrected chi connectivity index (χ2v) is 5.89. The van der Waals surface area contributed by atoms with Crippen molar-refractivity contribution in [3.05, 3.63) is 18.0 Å². The van der Waals surface area contributed by atoms with E-state index in [1.54, 1.807) is 0 Å². The summed E-state index contributed by atoms with van der Waals surface area (Å²) in [6.45, 7) is 6.32. The Labute approximate surface area is 118 Å². The first kappa shape index (κ1) is 13.3. The van der Waals surface area contributed by atoms with E-state index in [2.05, 4.69) is 34.0 Å². The summed E-state index contributed by atoms with van der Waals surface area (Å²) in [5.41, 5.74) is 0.856. The number of piperidine rings is 1. The number of aryl methyl sites for hydroxylation is 1. The van der Waals surface area contributed by atoms with Gasteiger partial charge in [-0.3, -0.25) is 0 Å². The number of fused-ring (bicyclic) bond motifs is 1. The highest BCUT2D eigenvalue weighted by molar-refractivity contribution is 5.46. The van der Waals surface area contributed by atoms with E-state index in [1.165, 1.54) is 0 Å². The number of nitrogens with zero attached hydrogens (tertiary/aromatic N) is 5. The van der Waals surface area contributed by atoms with Crippen molar-refractivity contribution in [2.24, 2.45) is 5.41 Å². The highest BCUT2D eigenvalue weighted by Gasteiger charge is 2.30. The largest absolute Gasteiger partial charge is 0.396 e. The minimum Gasteiger partial charge on any atom is -0.396 e. The van der Waals surface area contributed by atoms with Crippen molar-refractivity contribution in [2.75, 3.05) is 24.6 Å². The van der Waals surface area contributed by atoms with Crippen molar-refractivity contribution < 1.29 is 5.11 Å². The molecule has 0 aliphatic carbocycles. The zero-order chi connectivity index (χ0) is 14.2. The fourth-order valence-electron chi connectivity index (χ4n) is 2.65. The Bertz CT molecular complexity index is 601. The van der Waals surface area contributed by atoms with Crippen LogP contribution in [0.25, 0.3) is 5.65 Å². The van der Waals surface area contributed by atoms with Crippen LogP contribution in [0.5, 0.6) is 0 Å². The van der Waals surface area contributed by atoms with Crippen molar-refractivity contribution in [1.29, 1.82) is 0 Å². The molecule has 0 spiro atoms. The van der Waals surface area contributed by atoms with E-state index in [9.17, 15) is 5.11 Å². The molecule has 3 heterocycles. The van der Waals surface area contributed by atoms with E-state index < -0.39 is 0 Å². The monoisotopic (exact) mass is 275 g/mol. The zero-order valence-corrected chi connectivity index (χ0v) is 12.1. The predicted molar refractivity (Wildman–Crippen MR) is 76.8 cm³/mol. The van der Waals surface area contributed by atoms with Gasteiger partial charge in [-0.15, -0.1) is 15.3 Å². The van der Waals surface area contributed by atoms with Gasteiger partial charge in [0.05, 0.1) is 0 Å². The molecule has 6 heteroatoms. The van der Waals surface area contributed by atoms with Gasteiger partial charge in [-0.2, -0.15) is 4.52 Å². The number of rotatable bonds is 3. The molecule has 0 bridgehead atoms. The minimum atomic E-state index is 0.0613. The molecular formula is C14H21N5O. The van der Waals surface area contributed by atoms with E-state index in [4.69, 9.17) is 0 Å². The first-order valence-electron chi connectivity index (χ1n) is 7.22. The summed E-state index contributed by atoms with van der Waals surface area (Å²) in [4.78, 5) is 2.27. The Balaban J connectivity index is 1.84. The Morgan fingerprint density at radius 3 is 2.65 bits per heavy atom. The summed E-state index contributed by atoms with van der Waals surface area (Å²) in [5.74, 6) is 1.85. The minimum absolute atomic E-state index is 0.0613. The number of hydrogen-bond donors (Lipinski definition) is 1. The van der Waals surface area contributed by atoms with Crippen LogP contribution < -0.4 is 4.90 Å². The molecule has 2 aromatic rings. The third-order valence-corrected chi connectivity index (χ3v) is 4.31. The molecule has 6 nitrogen and oxygen atoms in total. The second kappa shape index (κ2) is 5.01. The molecular weight excluding hydrogens is 254 g/mol. The standard InChI is InChI=1S/C14H21N5O/c1-3-11-15-16-12-4-5-13(17-19(11)12)18-8-6-14(2,10-20)7-9-18/h4-5,20H,3,6-10H2,1-2H3. The van der Waals surface area contributed by atoms with Crippen LogP contribution in [0.15, 0.2) is 12.1 Å². The van der Waals surface area contributed by atoms with Crippen LogP contribution in [-0.2, 0) is 6.42 Å². The summed E-state index contributed by atoms with van der Waals surface area (Å²) in [7, 11) is 0. The van der Waals surface area contributed by atoms with E-state index >= 15 is 0 Å². The van der Waals surface area contributed by atoms with E-state index in [0.717, 1.165) is 49.6 Å². The van der Waals surface area contributed by atoms with Crippen LogP contribution in [0.4, 0.5) is 5.82 Å². The van der Waals surface area contributed by atoms with E-state index in [1.807, 2.05) is 16.6 Å². The molecule has 1 aliphatic rings. The summed E-state index contributed by atoms with van der Waals surface area (Å²) in [6, 6.07) is 3.97. The van der Waals surface area contributed by atoms with Crippen molar-refractivity contribution in [1.82, 2.24) is 19.8 Å². The SMILES string of the molecule is CCc1nnc2ccc(N3CCC(C)(CO)CC3)nn12. The van der Waals surface area contributed by atoms with Crippen molar-refractivity contribution in [2.45, 2.75) is 33.1 Å². The van der Waals surface area contributed by atoms with Crippen LogP contribution in [0.3, 0.4) is 0 Å². The lowest BCUT2D eigenvalue weighted by Crippen LogP contribution is -2.41. The van der Waals surface area contributed by atoms with Gasteiger partial charge in [0.25, 0.3) is 0 Å². The van der Waals surface area contributed by atoms with Gasteiger partial charge < -0.3 is 10.0 Å². The van der Waals surface area contributed by atoms with Gasteiger partial charge >= 0.3 is 0 Å². The molecule has 1 N–H and O–H groups in total. The summed E-state index contributed by atoms with van der Waals surface area (Å²) in [5, 5.41) is 22.3. The van der Waals surface area contributed by atoms with Crippen LogP contribution in [0.2, 0.25) is 0 Å². The van der Waals surface area contributed by atoms with E-state index in [-0.39, 0.29) is 12.0 Å². The molecule has 3 rings (SSSR count). The lowest BCUT2D eigenvalue weighted by molar-refractivity contribution is 0.114. The van der Waals surface area contributed by atoms with Crippen molar-refractivity contribution in [3.8, 4) is 0 Å². The highest BCUT2D eigenvalue weighted by atomic mass is 16.3. The lowest BCUT2D eigenvalue weighted by atomic mass is 9.81. The van der Waals surface area contributed by atoms with Crippen molar-refractivity contribution >= 4 is 11.5 Å². The molecule has 20 heavy (non-hydrogen) atoms. The number of hydrogen-bond acceptors (Lipinski definition) is 5. The van der Waals surface area contributed by atoms with Gasteiger partial charge in [0, 0.05) is 26.1 Å². The third-order valence-electron chi connectivity index (χ3n) is 4.31. The lowest BCUT2D eigenvalue weighted by Gasteiger charge is -2.38. The Morgan fingerprint density at radius 1 is 1.25 bits per heavy atom. The average molecular weight is 275 g/mol. The van der Waals surface area contributed by atoms with Gasteiger partial charge in [0.1, 0.15) is 5.82 Å². The van der Waals surface area contributed by atoms with Gasteiger partial charge in [0.15, 0.2) is 11.5 Å². The summed E-state index contributed by atoms with van der Waals surface area (Å²) < 4.78 is 1.83. The van der Waals surface area contributed by atoms with E-state index in [0.29, 0.717) is 0 Å². The zero-order valence-electron chi connectivity index (χ0n) is 12.1. The Hall–Kier alpha value is -1.69. The van der Waals surface area contributed by atoms with Gasteiger partial charge in [-0.1, -0.05) is 13.8 Å². The summed E-state index contributed by atoms with van der Waals surface area (Å²) >= 11 is 0. The third kappa shape index (κ3) is 2.24. The van der Waals surface area contributed by atoms with Crippen LogP contribution in [0, 0.1) is 5.41 Å². The normalized spacial score (nSPS) is 18.6. The number of aromatic nitrogens is 4. The molecule has 0 aromatic carbocycles. The number of aliphatic hydroxyl groups excluding tert-OH is 1. The summed E-state index contributed by atoms with van der Waals surface area (Å²) in [6.07, 6.45) is 2.80. The highest BCUT2D eigenvalue weighted by Crippen LogP contribution is 2.31. The molecule has 0 amide bonds. The fourth-order valence-corrected chi connectivity index (χ4v) is 2.65. The molecule has 1 fully saturated rings. The van der Waals surface area contributed by atoms with Crippen LogP contribution in [0.1, 0.15) is 32.5 Å². The fraction of sp³-hybridized carbons (Fsp3) is 0.643. The molecule has 1 aliphatic heterocycles. The topological polar surface area (TPSA) is 66.5 Å². The molecule has 0 radical (unpaired) electrons. The Morgan fingerprint density at radius 2 is 2.00 bits per heavy atom. The smallest absolute Gasteiger partial charge is 0.178 e. The second-order valence-electron chi connectivity index (χ2n) is 5.89. The Kier molecular flexibility index (Phi) is 3.33.